The number of aromatic nitrogens is 1. The molecule has 1 aromatic rings. The predicted molar refractivity (Wildman–Crippen MR) is 109 cm³/mol. The number of carbonyl (C=O) groups is 2. The van der Waals surface area contributed by atoms with E-state index in [2.05, 4.69) is 0 Å². The number of hydrogen-bond acceptors (Lipinski definition) is 4. The first-order chi connectivity index (χ1) is 13.6. The lowest BCUT2D eigenvalue weighted by molar-refractivity contribution is -0.141. The van der Waals surface area contributed by atoms with Crippen molar-refractivity contribution in [2.75, 3.05) is 45.5 Å². The summed E-state index contributed by atoms with van der Waals surface area (Å²) in [6.45, 7) is 5.03. The van der Waals surface area contributed by atoms with Gasteiger partial charge in [0, 0.05) is 57.9 Å². The van der Waals surface area contributed by atoms with Crippen LogP contribution in [0.2, 0.25) is 0 Å². The van der Waals surface area contributed by atoms with Gasteiger partial charge in [-0.1, -0.05) is 0 Å². The number of piperidine rings is 1. The van der Waals surface area contributed by atoms with E-state index >= 15 is 0 Å². The number of rotatable bonds is 3. The van der Waals surface area contributed by atoms with Gasteiger partial charge in [0.2, 0.25) is 15.9 Å². The molecule has 3 saturated heterocycles. The second-order valence-electron chi connectivity index (χ2n) is 8.82. The predicted octanol–water partition coefficient (Wildman–Crippen LogP) is 0.761. The normalized spacial score (nSPS) is 27.5. The number of carbonyl (C=O) groups excluding carboxylic acids is 2. The lowest BCUT2D eigenvalue weighted by Crippen LogP contribution is -2.53. The summed E-state index contributed by atoms with van der Waals surface area (Å²) in [6.07, 6.45) is 5.07. The Labute approximate surface area is 172 Å². The first-order valence-electron chi connectivity index (χ1n) is 10.3. The molecule has 3 aliphatic rings. The third kappa shape index (κ3) is 3.01. The molecule has 1 aromatic heterocycles. The number of amides is 2. The zero-order chi connectivity index (χ0) is 21.0. The van der Waals surface area contributed by atoms with Gasteiger partial charge in [0.1, 0.15) is 5.69 Å². The lowest BCUT2D eigenvalue weighted by atomic mass is 9.60. The minimum atomic E-state index is -3.38. The van der Waals surface area contributed by atoms with Crippen LogP contribution in [0.4, 0.5) is 0 Å². The molecule has 2 spiro atoms. The third-order valence-corrected chi connectivity index (χ3v) is 8.66. The summed E-state index contributed by atoms with van der Waals surface area (Å²) in [5.41, 5.74) is -0.414. The molecule has 4 heterocycles. The zero-order valence-corrected chi connectivity index (χ0v) is 18.2. The standard InChI is InChI=1S/C20H30N4O4S/c1-4-22-13-9-20(18(22)26)15-24(29(3,27)28)14-19(20)7-11-23(12-8-19)17(25)16-6-5-10-21(16)2/h5-6,10H,4,7-9,11-15H2,1-3H3/t20-/m0/s1. The highest BCUT2D eigenvalue weighted by Crippen LogP contribution is 2.58. The number of fused-ring (bicyclic) bond motifs is 1. The Morgan fingerprint density at radius 2 is 1.83 bits per heavy atom. The van der Waals surface area contributed by atoms with E-state index in [-0.39, 0.29) is 18.4 Å². The second kappa shape index (κ2) is 6.84. The quantitative estimate of drug-likeness (QED) is 0.720. The SMILES string of the molecule is CCN1CC[C@]2(CN(S(C)(=O)=O)CC23CCN(C(=O)c2cccn2C)CC3)C1=O. The molecule has 29 heavy (non-hydrogen) atoms. The number of sulfonamides is 1. The minimum Gasteiger partial charge on any atom is -0.347 e. The molecular weight excluding hydrogens is 392 g/mol. The number of likely N-dealkylation sites (tertiary alicyclic amines) is 2. The van der Waals surface area contributed by atoms with Crippen molar-refractivity contribution in [2.24, 2.45) is 17.9 Å². The van der Waals surface area contributed by atoms with Gasteiger partial charge in [-0.2, -0.15) is 0 Å². The largest absolute Gasteiger partial charge is 0.347 e. The van der Waals surface area contributed by atoms with Crippen LogP contribution in [0.5, 0.6) is 0 Å². The highest BCUT2D eigenvalue weighted by atomic mass is 32.2. The van der Waals surface area contributed by atoms with Gasteiger partial charge < -0.3 is 14.4 Å². The van der Waals surface area contributed by atoms with Gasteiger partial charge in [0.25, 0.3) is 5.91 Å². The summed E-state index contributed by atoms with van der Waals surface area (Å²) in [5.74, 6) is 0.0839. The Balaban J connectivity index is 1.61. The van der Waals surface area contributed by atoms with E-state index in [1.165, 1.54) is 10.6 Å². The van der Waals surface area contributed by atoms with E-state index in [4.69, 9.17) is 0 Å². The molecule has 0 aromatic carbocycles. The molecule has 0 bridgehead atoms. The van der Waals surface area contributed by atoms with Gasteiger partial charge in [-0.25, -0.2) is 12.7 Å². The average Bonchev–Trinajstić information content (AvgIpc) is 3.34. The molecule has 4 rings (SSSR count). The van der Waals surface area contributed by atoms with Crippen LogP contribution in [0, 0.1) is 10.8 Å². The first kappa shape index (κ1) is 20.4. The van der Waals surface area contributed by atoms with Crippen LogP contribution in [0.1, 0.15) is 36.7 Å². The van der Waals surface area contributed by atoms with Crippen LogP contribution in [-0.4, -0.2) is 84.4 Å². The summed E-state index contributed by atoms with van der Waals surface area (Å²) < 4.78 is 28.0. The number of aryl methyl sites for hydroxylation is 1. The second-order valence-corrected chi connectivity index (χ2v) is 10.8. The van der Waals surface area contributed by atoms with Crippen LogP contribution in [0.3, 0.4) is 0 Å². The minimum absolute atomic E-state index is 0.00713. The maximum Gasteiger partial charge on any atom is 0.270 e. The Morgan fingerprint density at radius 3 is 2.34 bits per heavy atom. The number of hydrogen-bond donors (Lipinski definition) is 0. The molecule has 0 saturated carbocycles. The van der Waals surface area contributed by atoms with Crippen molar-refractivity contribution in [3.8, 4) is 0 Å². The van der Waals surface area contributed by atoms with E-state index in [1.807, 2.05) is 46.7 Å². The van der Waals surface area contributed by atoms with Gasteiger partial charge in [-0.3, -0.25) is 9.59 Å². The highest BCUT2D eigenvalue weighted by Gasteiger charge is 2.66. The van der Waals surface area contributed by atoms with Crippen LogP contribution >= 0.6 is 0 Å². The van der Waals surface area contributed by atoms with Crippen molar-refractivity contribution in [3.63, 3.8) is 0 Å². The monoisotopic (exact) mass is 422 g/mol. The zero-order valence-electron chi connectivity index (χ0n) is 17.4. The fourth-order valence-corrected chi connectivity index (χ4v) is 6.58. The molecular formula is C20H30N4O4S. The van der Waals surface area contributed by atoms with Crippen molar-refractivity contribution in [1.29, 1.82) is 0 Å². The fraction of sp³-hybridized carbons (Fsp3) is 0.700. The van der Waals surface area contributed by atoms with Crippen molar-refractivity contribution in [2.45, 2.75) is 26.2 Å². The molecule has 0 radical (unpaired) electrons. The molecule has 8 nitrogen and oxygen atoms in total. The van der Waals surface area contributed by atoms with E-state index in [1.54, 1.807) is 0 Å². The Kier molecular flexibility index (Phi) is 4.81. The summed E-state index contributed by atoms with van der Waals surface area (Å²) in [5, 5.41) is 0. The molecule has 9 heteroatoms. The summed E-state index contributed by atoms with van der Waals surface area (Å²) in [6, 6.07) is 3.67. The third-order valence-electron chi connectivity index (χ3n) is 7.47. The Hall–Kier alpha value is -1.87. The molecule has 3 fully saturated rings. The van der Waals surface area contributed by atoms with Crippen molar-refractivity contribution in [3.05, 3.63) is 24.0 Å². The molecule has 0 N–H and O–H groups in total. The van der Waals surface area contributed by atoms with Crippen LogP contribution < -0.4 is 0 Å². The van der Waals surface area contributed by atoms with Crippen LogP contribution in [0.25, 0.3) is 0 Å². The van der Waals surface area contributed by atoms with E-state index < -0.39 is 20.9 Å². The van der Waals surface area contributed by atoms with E-state index in [0.717, 1.165) is 0 Å². The highest BCUT2D eigenvalue weighted by molar-refractivity contribution is 7.88. The smallest absolute Gasteiger partial charge is 0.270 e. The fourth-order valence-electron chi connectivity index (χ4n) is 5.65. The van der Waals surface area contributed by atoms with Gasteiger partial charge >= 0.3 is 0 Å². The maximum atomic E-state index is 13.4. The van der Waals surface area contributed by atoms with Crippen molar-refractivity contribution < 1.29 is 18.0 Å². The maximum absolute atomic E-state index is 13.4. The molecule has 0 unspecified atom stereocenters. The van der Waals surface area contributed by atoms with Crippen LogP contribution in [-0.2, 0) is 21.9 Å². The van der Waals surface area contributed by atoms with Gasteiger partial charge in [-0.15, -0.1) is 0 Å². The van der Waals surface area contributed by atoms with Gasteiger partial charge in [0.05, 0.1) is 11.7 Å². The van der Waals surface area contributed by atoms with Crippen LogP contribution in [0.15, 0.2) is 18.3 Å². The molecule has 3 aliphatic heterocycles. The van der Waals surface area contributed by atoms with Gasteiger partial charge in [-0.05, 0) is 38.3 Å². The summed E-state index contributed by atoms with van der Waals surface area (Å²) in [7, 11) is -1.53. The van der Waals surface area contributed by atoms with Crippen molar-refractivity contribution in [1.82, 2.24) is 18.7 Å². The van der Waals surface area contributed by atoms with E-state index in [9.17, 15) is 18.0 Å². The summed E-state index contributed by atoms with van der Waals surface area (Å²) in [4.78, 5) is 30.0. The first-order valence-corrected chi connectivity index (χ1v) is 12.1. The Morgan fingerprint density at radius 1 is 1.14 bits per heavy atom. The molecule has 2 amide bonds. The topological polar surface area (TPSA) is 82.9 Å². The lowest BCUT2D eigenvalue weighted by Gasteiger charge is -2.46. The van der Waals surface area contributed by atoms with E-state index in [0.29, 0.717) is 57.7 Å². The average molecular weight is 423 g/mol. The number of nitrogens with zero attached hydrogens (tertiary/aromatic N) is 4. The van der Waals surface area contributed by atoms with Gasteiger partial charge in [0.15, 0.2) is 0 Å². The van der Waals surface area contributed by atoms with Crippen molar-refractivity contribution >= 4 is 21.8 Å². The Bertz CT molecular complexity index is 932. The molecule has 1 atom stereocenters. The molecule has 160 valence electrons. The summed E-state index contributed by atoms with van der Waals surface area (Å²) >= 11 is 0. The molecule has 0 aliphatic carbocycles.